The van der Waals surface area contributed by atoms with E-state index in [0.717, 1.165) is 4.47 Å². The zero-order valence-electron chi connectivity index (χ0n) is 10.3. The van der Waals surface area contributed by atoms with Crippen LogP contribution in [-0.2, 0) is 0 Å². The van der Waals surface area contributed by atoms with Gasteiger partial charge in [0.15, 0.2) is 0 Å². The summed E-state index contributed by atoms with van der Waals surface area (Å²) >= 11 is 3.29. The number of nitrogens with two attached hydrogens (primary N) is 1. The van der Waals surface area contributed by atoms with Crippen LogP contribution in [0.25, 0.3) is 0 Å². The molecule has 0 spiro atoms. The third kappa shape index (κ3) is 3.06. The van der Waals surface area contributed by atoms with Crippen LogP contribution in [0, 0.1) is 0 Å². The Bertz CT molecular complexity index is 614. The summed E-state index contributed by atoms with van der Waals surface area (Å²) in [6, 6.07) is 12.3. The number of carbonyl (C=O) groups excluding carboxylic acids is 1. The number of ether oxygens (including phenoxy) is 1. The Morgan fingerprint density at radius 1 is 1.26 bits per heavy atom. The lowest BCUT2D eigenvalue weighted by atomic mass is 10.2. The number of hydrogen-bond acceptors (Lipinski definition) is 3. The van der Waals surface area contributed by atoms with Gasteiger partial charge in [-0.3, -0.25) is 4.79 Å². The van der Waals surface area contributed by atoms with Crippen molar-refractivity contribution >= 4 is 33.2 Å². The van der Waals surface area contributed by atoms with Crippen LogP contribution in [0.15, 0.2) is 46.9 Å². The van der Waals surface area contributed by atoms with Crippen molar-refractivity contribution in [1.29, 1.82) is 0 Å². The Labute approximate surface area is 119 Å². The van der Waals surface area contributed by atoms with Crippen molar-refractivity contribution in [2.75, 3.05) is 18.2 Å². The van der Waals surface area contributed by atoms with Gasteiger partial charge in [0, 0.05) is 15.7 Å². The number of amides is 1. The first-order chi connectivity index (χ1) is 9.11. The maximum Gasteiger partial charge on any atom is 0.255 e. The summed E-state index contributed by atoms with van der Waals surface area (Å²) in [6.45, 7) is 0. The molecule has 98 valence electrons. The third-order valence-electron chi connectivity index (χ3n) is 2.61. The second-order valence-corrected chi connectivity index (χ2v) is 4.75. The van der Waals surface area contributed by atoms with Crippen LogP contribution in [0.2, 0.25) is 0 Å². The molecule has 5 heteroatoms. The molecule has 0 radical (unpaired) electrons. The molecule has 0 fully saturated rings. The molecule has 2 aromatic carbocycles. The maximum atomic E-state index is 12.1. The number of hydrogen-bond donors (Lipinski definition) is 2. The van der Waals surface area contributed by atoms with Crippen molar-refractivity contribution in [2.45, 2.75) is 0 Å². The molecule has 19 heavy (non-hydrogen) atoms. The first-order valence-electron chi connectivity index (χ1n) is 5.61. The third-order valence-corrected chi connectivity index (χ3v) is 3.34. The zero-order chi connectivity index (χ0) is 13.8. The minimum atomic E-state index is -0.233. The lowest BCUT2D eigenvalue weighted by Crippen LogP contribution is -2.13. The van der Waals surface area contributed by atoms with Gasteiger partial charge in [0.2, 0.25) is 0 Å². The monoisotopic (exact) mass is 320 g/mol. The molecule has 0 aliphatic heterocycles. The number of carbonyl (C=O) groups is 1. The highest BCUT2D eigenvalue weighted by Gasteiger charge is 2.10. The van der Waals surface area contributed by atoms with Crippen molar-refractivity contribution in [1.82, 2.24) is 0 Å². The summed E-state index contributed by atoms with van der Waals surface area (Å²) in [7, 11) is 1.56. The number of rotatable bonds is 3. The highest BCUT2D eigenvalue weighted by molar-refractivity contribution is 9.10. The maximum absolute atomic E-state index is 12.1. The van der Waals surface area contributed by atoms with Crippen molar-refractivity contribution in [3.8, 4) is 5.75 Å². The smallest absolute Gasteiger partial charge is 0.255 e. The average molecular weight is 321 g/mol. The Balaban J connectivity index is 2.23. The average Bonchev–Trinajstić information content (AvgIpc) is 2.42. The zero-order valence-corrected chi connectivity index (χ0v) is 11.9. The van der Waals surface area contributed by atoms with Crippen LogP contribution < -0.4 is 15.8 Å². The van der Waals surface area contributed by atoms with Crippen molar-refractivity contribution < 1.29 is 9.53 Å². The van der Waals surface area contributed by atoms with Gasteiger partial charge >= 0.3 is 0 Å². The first-order valence-corrected chi connectivity index (χ1v) is 6.40. The molecule has 1 amide bonds. The molecular weight excluding hydrogens is 308 g/mol. The molecule has 0 aliphatic rings. The van der Waals surface area contributed by atoms with Crippen LogP contribution in [0.1, 0.15) is 10.4 Å². The molecular formula is C14H13BrN2O2. The van der Waals surface area contributed by atoms with Gasteiger partial charge in [0.1, 0.15) is 5.75 Å². The second-order valence-electron chi connectivity index (χ2n) is 3.89. The number of anilines is 2. The van der Waals surface area contributed by atoms with Gasteiger partial charge in [-0.05, 0) is 46.3 Å². The van der Waals surface area contributed by atoms with Gasteiger partial charge in [-0.15, -0.1) is 0 Å². The van der Waals surface area contributed by atoms with E-state index in [9.17, 15) is 4.79 Å². The number of methoxy groups -OCH3 is 1. The molecule has 3 N–H and O–H groups in total. The lowest BCUT2D eigenvalue weighted by molar-refractivity contribution is 0.102. The van der Waals surface area contributed by atoms with Gasteiger partial charge in [-0.25, -0.2) is 0 Å². The highest BCUT2D eigenvalue weighted by atomic mass is 79.9. The standard InChI is InChI=1S/C14H13BrN2O2/c1-19-13-5-3-2-4-12(13)17-14(18)9-6-7-10(15)11(16)8-9/h2-8H,16H2,1H3,(H,17,18). The van der Waals surface area contributed by atoms with Gasteiger partial charge < -0.3 is 15.8 Å². The van der Waals surface area contributed by atoms with E-state index < -0.39 is 0 Å². The molecule has 2 rings (SSSR count). The van der Waals surface area contributed by atoms with Crippen molar-refractivity contribution in [3.63, 3.8) is 0 Å². The SMILES string of the molecule is COc1ccccc1NC(=O)c1ccc(Br)c(N)c1. The molecule has 2 aromatic rings. The van der Waals surface area contributed by atoms with E-state index in [1.54, 1.807) is 37.4 Å². The van der Waals surface area contributed by atoms with Gasteiger partial charge in [-0.1, -0.05) is 12.1 Å². The number of nitrogens with one attached hydrogen (secondary N) is 1. The van der Waals surface area contributed by atoms with E-state index in [1.807, 2.05) is 12.1 Å². The summed E-state index contributed by atoms with van der Waals surface area (Å²) in [5.74, 6) is 0.379. The highest BCUT2D eigenvalue weighted by Crippen LogP contribution is 2.25. The van der Waals surface area contributed by atoms with E-state index in [4.69, 9.17) is 10.5 Å². The van der Waals surface area contributed by atoms with Crippen molar-refractivity contribution in [3.05, 3.63) is 52.5 Å². The summed E-state index contributed by atoms with van der Waals surface area (Å²) in [5, 5.41) is 2.79. The molecule has 0 saturated carbocycles. The fourth-order valence-corrected chi connectivity index (χ4v) is 1.87. The largest absolute Gasteiger partial charge is 0.495 e. The van der Waals surface area contributed by atoms with Crippen LogP contribution in [0.3, 0.4) is 0 Å². The van der Waals surface area contributed by atoms with E-state index >= 15 is 0 Å². The van der Waals surface area contributed by atoms with Crippen LogP contribution in [0.5, 0.6) is 5.75 Å². The number of halogens is 1. The first kappa shape index (κ1) is 13.4. The minimum absolute atomic E-state index is 0.233. The molecule has 0 aromatic heterocycles. The number of para-hydroxylation sites is 2. The topological polar surface area (TPSA) is 64.3 Å². The van der Waals surface area contributed by atoms with Crippen LogP contribution in [-0.4, -0.2) is 13.0 Å². The Morgan fingerprint density at radius 3 is 2.68 bits per heavy atom. The van der Waals surface area contributed by atoms with E-state index in [2.05, 4.69) is 21.2 Å². The number of nitrogen functional groups attached to an aromatic ring is 1. The number of benzene rings is 2. The second kappa shape index (κ2) is 5.75. The van der Waals surface area contributed by atoms with Gasteiger partial charge in [0.05, 0.1) is 12.8 Å². The fourth-order valence-electron chi connectivity index (χ4n) is 1.63. The lowest BCUT2D eigenvalue weighted by Gasteiger charge is -2.10. The van der Waals surface area contributed by atoms with Gasteiger partial charge in [-0.2, -0.15) is 0 Å². The fraction of sp³-hybridized carbons (Fsp3) is 0.0714. The van der Waals surface area contributed by atoms with Gasteiger partial charge in [0.25, 0.3) is 5.91 Å². The molecule has 0 saturated heterocycles. The summed E-state index contributed by atoms with van der Waals surface area (Å²) in [4.78, 5) is 12.1. The Morgan fingerprint density at radius 2 is 2.00 bits per heavy atom. The van der Waals surface area contributed by atoms with E-state index in [0.29, 0.717) is 22.7 Å². The van der Waals surface area contributed by atoms with Crippen molar-refractivity contribution in [2.24, 2.45) is 0 Å². The molecule has 0 heterocycles. The minimum Gasteiger partial charge on any atom is -0.495 e. The van der Waals surface area contributed by atoms with Crippen LogP contribution >= 0.6 is 15.9 Å². The van der Waals surface area contributed by atoms with E-state index in [1.165, 1.54) is 0 Å². The normalized spacial score (nSPS) is 10.0. The molecule has 0 atom stereocenters. The summed E-state index contributed by atoms with van der Waals surface area (Å²) < 4.78 is 5.94. The predicted octanol–water partition coefficient (Wildman–Crippen LogP) is 3.29. The molecule has 0 bridgehead atoms. The quantitative estimate of drug-likeness (QED) is 0.853. The summed E-state index contributed by atoms with van der Waals surface area (Å²) in [5.41, 5.74) is 7.39. The predicted molar refractivity (Wildman–Crippen MR) is 79.5 cm³/mol. The molecule has 0 unspecified atom stereocenters. The molecule has 0 aliphatic carbocycles. The Hall–Kier alpha value is -2.01. The van der Waals surface area contributed by atoms with Crippen LogP contribution in [0.4, 0.5) is 11.4 Å². The molecule has 4 nitrogen and oxygen atoms in total. The summed E-state index contributed by atoms with van der Waals surface area (Å²) in [6.07, 6.45) is 0. The van der Waals surface area contributed by atoms with E-state index in [-0.39, 0.29) is 5.91 Å². The Kier molecular flexibility index (Phi) is 4.06.